The van der Waals surface area contributed by atoms with Crippen LogP contribution in [0.1, 0.15) is 42.2 Å². The highest BCUT2D eigenvalue weighted by Gasteiger charge is 2.45. The van der Waals surface area contributed by atoms with Gasteiger partial charge in [0.2, 0.25) is 5.91 Å². The molecule has 1 spiro atoms. The lowest BCUT2D eigenvalue weighted by molar-refractivity contribution is -0.135. The van der Waals surface area contributed by atoms with E-state index in [2.05, 4.69) is 5.10 Å². The van der Waals surface area contributed by atoms with Crippen molar-refractivity contribution in [1.29, 1.82) is 0 Å². The van der Waals surface area contributed by atoms with Gasteiger partial charge in [-0.05, 0) is 31.6 Å². The van der Waals surface area contributed by atoms with Crippen LogP contribution in [0.15, 0.2) is 6.20 Å². The van der Waals surface area contributed by atoms with Gasteiger partial charge in [0.05, 0.1) is 11.3 Å². The maximum absolute atomic E-state index is 12.8. The zero-order chi connectivity index (χ0) is 18.2. The molecule has 3 heterocycles. The predicted octanol–water partition coefficient (Wildman–Crippen LogP) is 0.812. The zero-order valence-electron chi connectivity index (χ0n) is 15.4. The van der Waals surface area contributed by atoms with Gasteiger partial charge in [-0.3, -0.25) is 14.3 Å². The molecule has 2 amide bonds. The van der Waals surface area contributed by atoms with Gasteiger partial charge in [0.1, 0.15) is 0 Å². The molecule has 1 aromatic heterocycles. The molecule has 7 heteroatoms. The van der Waals surface area contributed by atoms with Crippen LogP contribution < -0.4 is 0 Å². The first-order chi connectivity index (χ1) is 11.9. The molecule has 7 nitrogen and oxygen atoms in total. The van der Waals surface area contributed by atoms with E-state index in [-0.39, 0.29) is 29.8 Å². The number of aryl methyl sites for hydroxylation is 2. The van der Waals surface area contributed by atoms with E-state index in [1.807, 2.05) is 23.8 Å². The first-order valence-electron chi connectivity index (χ1n) is 9.02. The number of piperidine rings is 2. The monoisotopic (exact) mass is 348 g/mol. The Balaban J connectivity index is 1.67. The Bertz CT molecular complexity index is 661. The summed E-state index contributed by atoms with van der Waals surface area (Å²) in [7, 11) is 1.82. The van der Waals surface area contributed by atoms with Crippen molar-refractivity contribution in [2.45, 2.75) is 33.1 Å². The Labute approximate surface area is 148 Å². The highest BCUT2D eigenvalue weighted by Crippen LogP contribution is 2.45. The van der Waals surface area contributed by atoms with Gasteiger partial charge in [-0.15, -0.1) is 0 Å². The topological polar surface area (TPSA) is 78.7 Å². The number of hydrogen-bond donors (Lipinski definition) is 1. The first-order valence-corrected chi connectivity index (χ1v) is 9.02. The summed E-state index contributed by atoms with van der Waals surface area (Å²) in [5.74, 6) is 0.220. The number of aliphatic hydroxyl groups excluding tert-OH is 1. The van der Waals surface area contributed by atoms with E-state index in [0.29, 0.717) is 25.2 Å². The molecule has 0 aliphatic carbocycles. The van der Waals surface area contributed by atoms with E-state index < -0.39 is 0 Å². The third-order valence-corrected chi connectivity index (χ3v) is 6.14. The third kappa shape index (κ3) is 3.29. The molecule has 1 aromatic rings. The minimum atomic E-state index is 0.0431. The Morgan fingerprint density at radius 1 is 1.24 bits per heavy atom. The van der Waals surface area contributed by atoms with Gasteiger partial charge < -0.3 is 14.9 Å². The van der Waals surface area contributed by atoms with Gasteiger partial charge in [-0.1, -0.05) is 0 Å². The Kier molecular flexibility index (Phi) is 4.86. The van der Waals surface area contributed by atoms with Crippen molar-refractivity contribution in [3.63, 3.8) is 0 Å². The lowest BCUT2D eigenvalue weighted by Crippen LogP contribution is -2.55. The molecule has 2 fully saturated rings. The molecule has 0 saturated carbocycles. The summed E-state index contributed by atoms with van der Waals surface area (Å²) in [5, 5.41) is 14.1. The molecule has 0 aromatic carbocycles. The van der Waals surface area contributed by atoms with E-state index in [1.54, 1.807) is 17.8 Å². The van der Waals surface area contributed by atoms with Gasteiger partial charge in [-0.2, -0.15) is 5.10 Å². The second kappa shape index (κ2) is 6.78. The van der Waals surface area contributed by atoms with Crippen LogP contribution in [0.4, 0.5) is 0 Å². The van der Waals surface area contributed by atoms with Crippen molar-refractivity contribution in [2.75, 3.05) is 32.8 Å². The average molecular weight is 348 g/mol. The number of aliphatic hydroxyl groups is 1. The fraction of sp³-hybridized carbons (Fsp3) is 0.722. The smallest absolute Gasteiger partial charge is 0.257 e. The van der Waals surface area contributed by atoms with E-state index in [0.717, 1.165) is 31.5 Å². The fourth-order valence-electron chi connectivity index (χ4n) is 4.44. The van der Waals surface area contributed by atoms with E-state index in [9.17, 15) is 14.7 Å². The maximum atomic E-state index is 12.8. The van der Waals surface area contributed by atoms with Crippen molar-refractivity contribution in [1.82, 2.24) is 19.6 Å². The Hall–Kier alpha value is -1.89. The normalized spacial score (nSPS) is 23.1. The van der Waals surface area contributed by atoms with Crippen LogP contribution in [0.2, 0.25) is 0 Å². The molecule has 0 unspecified atom stereocenters. The molecular formula is C18H28N4O3. The number of rotatable bonds is 2. The summed E-state index contributed by atoms with van der Waals surface area (Å²) < 4.78 is 1.67. The number of aromatic nitrogens is 2. The quantitative estimate of drug-likeness (QED) is 0.858. The summed E-state index contributed by atoms with van der Waals surface area (Å²) in [6.07, 6.45) is 4.46. The lowest BCUT2D eigenvalue weighted by atomic mass is 9.64. The largest absolute Gasteiger partial charge is 0.396 e. The standard InChI is InChI=1S/C18H28N4O3/c1-13-16(11-20(3)19-13)17(25)21-7-4-18(5-8-21)6-9-22(14(2)24)10-15(18)12-23/h11,15,23H,4-10,12H2,1-3H3/t15-/m1/s1. The van der Waals surface area contributed by atoms with Crippen LogP contribution >= 0.6 is 0 Å². The lowest BCUT2D eigenvalue weighted by Gasteiger charge is -2.51. The molecule has 1 N–H and O–H groups in total. The van der Waals surface area contributed by atoms with Crippen LogP contribution in [0, 0.1) is 18.3 Å². The molecule has 138 valence electrons. The average Bonchev–Trinajstić information content (AvgIpc) is 2.93. The second-order valence-electron chi connectivity index (χ2n) is 7.55. The summed E-state index contributed by atoms with van der Waals surface area (Å²) in [6, 6.07) is 0. The first kappa shape index (κ1) is 17.9. The van der Waals surface area contributed by atoms with Gasteiger partial charge in [0, 0.05) is 58.9 Å². The molecule has 3 rings (SSSR count). The number of carbonyl (C=O) groups is 2. The number of carbonyl (C=O) groups excluding carboxylic acids is 2. The molecule has 0 radical (unpaired) electrons. The summed E-state index contributed by atoms with van der Waals surface area (Å²) in [5.41, 5.74) is 1.47. The van der Waals surface area contributed by atoms with Crippen molar-refractivity contribution in [3.05, 3.63) is 17.5 Å². The van der Waals surface area contributed by atoms with E-state index >= 15 is 0 Å². The maximum Gasteiger partial charge on any atom is 0.257 e. The number of likely N-dealkylation sites (tertiary alicyclic amines) is 2. The van der Waals surface area contributed by atoms with Crippen molar-refractivity contribution >= 4 is 11.8 Å². The van der Waals surface area contributed by atoms with Crippen LogP contribution in [0.5, 0.6) is 0 Å². The second-order valence-corrected chi connectivity index (χ2v) is 7.55. The van der Waals surface area contributed by atoms with Gasteiger partial charge in [0.25, 0.3) is 5.91 Å². The van der Waals surface area contributed by atoms with Gasteiger partial charge in [0.15, 0.2) is 0 Å². The molecule has 0 bridgehead atoms. The van der Waals surface area contributed by atoms with Crippen LogP contribution in [-0.4, -0.2) is 69.3 Å². The number of nitrogens with zero attached hydrogens (tertiary/aromatic N) is 4. The zero-order valence-corrected chi connectivity index (χ0v) is 15.4. The molecule has 2 aliphatic rings. The van der Waals surface area contributed by atoms with Gasteiger partial charge in [-0.25, -0.2) is 0 Å². The summed E-state index contributed by atoms with van der Waals surface area (Å²) in [4.78, 5) is 28.2. The minimum absolute atomic E-state index is 0.0431. The highest BCUT2D eigenvalue weighted by molar-refractivity contribution is 5.95. The Morgan fingerprint density at radius 2 is 1.84 bits per heavy atom. The van der Waals surface area contributed by atoms with Crippen LogP contribution in [0.25, 0.3) is 0 Å². The third-order valence-electron chi connectivity index (χ3n) is 6.14. The van der Waals surface area contributed by atoms with E-state index in [4.69, 9.17) is 0 Å². The predicted molar refractivity (Wildman–Crippen MR) is 93.0 cm³/mol. The van der Waals surface area contributed by atoms with Crippen molar-refractivity contribution < 1.29 is 14.7 Å². The van der Waals surface area contributed by atoms with Crippen LogP contribution in [0.3, 0.4) is 0 Å². The SMILES string of the molecule is CC(=O)N1CCC2(CCN(C(=O)c3cn(C)nc3C)CC2)[C@@H](CO)C1. The molecule has 25 heavy (non-hydrogen) atoms. The molecular weight excluding hydrogens is 320 g/mol. The van der Waals surface area contributed by atoms with E-state index in [1.165, 1.54) is 0 Å². The van der Waals surface area contributed by atoms with Crippen molar-refractivity contribution in [3.8, 4) is 0 Å². The minimum Gasteiger partial charge on any atom is -0.396 e. The fourth-order valence-corrected chi connectivity index (χ4v) is 4.44. The number of hydrogen-bond acceptors (Lipinski definition) is 4. The molecule has 1 atom stereocenters. The summed E-state index contributed by atoms with van der Waals surface area (Å²) >= 11 is 0. The molecule has 2 aliphatic heterocycles. The van der Waals surface area contributed by atoms with Crippen LogP contribution in [-0.2, 0) is 11.8 Å². The molecule has 2 saturated heterocycles. The van der Waals surface area contributed by atoms with Gasteiger partial charge >= 0.3 is 0 Å². The highest BCUT2D eigenvalue weighted by atomic mass is 16.3. The Morgan fingerprint density at radius 3 is 2.32 bits per heavy atom. The summed E-state index contributed by atoms with van der Waals surface area (Å²) in [6.45, 7) is 6.32. The van der Waals surface area contributed by atoms with Crippen molar-refractivity contribution in [2.24, 2.45) is 18.4 Å². The number of amides is 2.